The van der Waals surface area contributed by atoms with Crippen LogP contribution in [0.4, 0.5) is 5.69 Å². The van der Waals surface area contributed by atoms with E-state index in [2.05, 4.69) is 4.90 Å². The van der Waals surface area contributed by atoms with Crippen LogP contribution < -0.4 is 4.90 Å². The third-order valence-corrected chi connectivity index (χ3v) is 3.81. The zero-order valence-corrected chi connectivity index (χ0v) is 10.5. The molecule has 2 aliphatic heterocycles. The van der Waals surface area contributed by atoms with E-state index in [9.17, 15) is 9.59 Å². The van der Waals surface area contributed by atoms with E-state index in [1.807, 2.05) is 18.2 Å². The zero-order chi connectivity index (χ0) is 12.7. The number of carbonyl (C=O) groups is 2. The first-order valence-electron chi connectivity index (χ1n) is 6.35. The summed E-state index contributed by atoms with van der Waals surface area (Å²) in [6.45, 7) is 2.14. The highest BCUT2D eigenvalue weighted by molar-refractivity contribution is 6.09. The highest BCUT2D eigenvalue weighted by Crippen LogP contribution is 2.26. The average Bonchev–Trinajstić information content (AvgIpc) is 2.89. The van der Waals surface area contributed by atoms with E-state index in [1.54, 1.807) is 7.05 Å². The van der Waals surface area contributed by atoms with Crippen LogP contribution in [0.3, 0.4) is 0 Å². The number of nitrogens with zero attached hydrogens (tertiary/aromatic N) is 2. The summed E-state index contributed by atoms with van der Waals surface area (Å²) in [6, 6.07) is 5.85. The smallest absolute Gasteiger partial charge is 0.260 e. The molecule has 0 atom stereocenters. The Balaban J connectivity index is 1.98. The minimum absolute atomic E-state index is 0.119. The molecule has 1 aromatic rings. The Morgan fingerprint density at radius 1 is 1.11 bits per heavy atom. The van der Waals surface area contributed by atoms with E-state index in [1.165, 1.54) is 17.7 Å². The van der Waals surface area contributed by atoms with Crippen molar-refractivity contribution in [1.29, 1.82) is 0 Å². The van der Waals surface area contributed by atoms with Crippen molar-refractivity contribution >= 4 is 17.5 Å². The van der Waals surface area contributed by atoms with Crippen molar-refractivity contribution in [3.63, 3.8) is 0 Å². The molecule has 3 rings (SSSR count). The van der Waals surface area contributed by atoms with Gasteiger partial charge in [0.25, 0.3) is 5.91 Å². The largest absolute Gasteiger partial charge is 0.372 e. The molecule has 4 heteroatoms. The Morgan fingerprint density at radius 3 is 2.56 bits per heavy atom. The molecule has 4 nitrogen and oxygen atoms in total. The lowest BCUT2D eigenvalue weighted by molar-refractivity contribution is -0.127. The molecule has 0 unspecified atom stereocenters. The molecule has 1 saturated heterocycles. The van der Waals surface area contributed by atoms with E-state index in [4.69, 9.17) is 0 Å². The first-order chi connectivity index (χ1) is 8.66. The molecule has 1 aromatic carbocycles. The van der Waals surface area contributed by atoms with Crippen LogP contribution in [0.5, 0.6) is 0 Å². The van der Waals surface area contributed by atoms with Gasteiger partial charge in [0, 0.05) is 31.4 Å². The summed E-state index contributed by atoms with van der Waals surface area (Å²) >= 11 is 0. The van der Waals surface area contributed by atoms with E-state index in [0.29, 0.717) is 12.0 Å². The maximum atomic E-state index is 12.0. The van der Waals surface area contributed by atoms with Gasteiger partial charge in [-0.3, -0.25) is 14.5 Å². The van der Waals surface area contributed by atoms with Gasteiger partial charge in [0.2, 0.25) is 5.91 Å². The molecule has 0 aliphatic carbocycles. The van der Waals surface area contributed by atoms with Crippen LogP contribution in [0.15, 0.2) is 18.2 Å². The number of hydrogen-bond donors (Lipinski definition) is 0. The van der Waals surface area contributed by atoms with Crippen molar-refractivity contribution in [2.45, 2.75) is 19.3 Å². The van der Waals surface area contributed by atoms with Gasteiger partial charge in [-0.25, -0.2) is 0 Å². The number of carbonyl (C=O) groups excluding carboxylic acids is 2. The van der Waals surface area contributed by atoms with Crippen LogP contribution in [0.1, 0.15) is 28.8 Å². The monoisotopic (exact) mass is 244 g/mol. The molecule has 0 bridgehead atoms. The number of likely N-dealkylation sites (N-methyl/N-ethyl adjacent to an activating group) is 1. The molecule has 0 saturated carbocycles. The number of imide groups is 1. The highest BCUT2D eigenvalue weighted by Gasteiger charge is 2.28. The van der Waals surface area contributed by atoms with Gasteiger partial charge in [-0.2, -0.15) is 0 Å². The zero-order valence-electron chi connectivity index (χ0n) is 10.5. The number of fused-ring (bicyclic) bond motifs is 1. The predicted octanol–water partition coefficient (Wildman–Crippen LogP) is 1.44. The summed E-state index contributed by atoms with van der Waals surface area (Å²) in [7, 11) is 1.54. The Morgan fingerprint density at radius 2 is 1.83 bits per heavy atom. The standard InChI is InChI=1S/C14H16N2O2/c1-15-13(17)9-10-8-11(16-6-2-3-7-16)4-5-12(10)14(15)18/h4-5,8H,2-3,6-7,9H2,1H3. The maximum absolute atomic E-state index is 12.0. The Bertz CT molecular complexity index is 519. The van der Waals surface area contributed by atoms with Gasteiger partial charge < -0.3 is 4.90 Å². The van der Waals surface area contributed by atoms with Crippen molar-refractivity contribution < 1.29 is 9.59 Å². The lowest BCUT2D eigenvalue weighted by atomic mass is 9.98. The summed E-state index contributed by atoms with van der Waals surface area (Å²) in [5.74, 6) is -0.305. The van der Waals surface area contributed by atoms with Crippen molar-refractivity contribution in [2.75, 3.05) is 25.0 Å². The number of hydrogen-bond acceptors (Lipinski definition) is 3. The Labute approximate surface area is 106 Å². The minimum Gasteiger partial charge on any atom is -0.372 e. The molecular weight excluding hydrogens is 228 g/mol. The van der Waals surface area contributed by atoms with E-state index in [-0.39, 0.29) is 11.8 Å². The van der Waals surface area contributed by atoms with E-state index < -0.39 is 0 Å². The van der Waals surface area contributed by atoms with Gasteiger partial charge >= 0.3 is 0 Å². The third-order valence-electron chi connectivity index (χ3n) is 3.81. The second kappa shape index (κ2) is 4.12. The number of amides is 2. The first-order valence-corrected chi connectivity index (χ1v) is 6.35. The average molecular weight is 244 g/mol. The van der Waals surface area contributed by atoms with E-state index >= 15 is 0 Å². The van der Waals surface area contributed by atoms with Gasteiger partial charge in [-0.1, -0.05) is 0 Å². The van der Waals surface area contributed by atoms with Gasteiger partial charge in [0.05, 0.1) is 6.42 Å². The fourth-order valence-corrected chi connectivity index (χ4v) is 2.68. The second-order valence-electron chi connectivity index (χ2n) is 4.97. The minimum atomic E-state index is -0.186. The Kier molecular flexibility index (Phi) is 2.58. The van der Waals surface area contributed by atoms with E-state index in [0.717, 1.165) is 24.3 Å². The Hall–Kier alpha value is -1.84. The summed E-state index contributed by atoms with van der Waals surface area (Å²) in [4.78, 5) is 27.2. The van der Waals surface area contributed by atoms with Gasteiger partial charge in [0.1, 0.15) is 0 Å². The second-order valence-corrected chi connectivity index (χ2v) is 4.97. The molecule has 2 heterocycles. The molecule has 0 radical (unpaired) electrons. The molecular formula is C14H16N2O2. The molecule has 0 N–H and O–H groups in total. The van der Waals surface area contributed by atoms with Crippen LogP contribution in [0, 0.1) is 0 Å². The molecule has 2 amide bonds. The number of rotatable bonds is 1. The summed E-state index contributed by atoms with van der Waals surface area (Å²) in [5, 5.41) is 0. The SMILES string of the molecule is CN1C(=O)Cc2cc(N3CCCC3)ccc2C1=O. The van der Waals surface area contributed by atoms with Crippen molar-refractivity contribution in [1.82, 2.24) is 4.90 Å². The van der Waals surface area contributed by atoms with Gasteiger partial charge in [-0.15, -0.1) is 0 Å². The van der Waals surface area contributed by atoms with Crippen LogP contribution in [0.25, 0.3) is 0 Å². The predicted molar refractivity (Wildman–Crippen MR) is 68.7 cm³/mol. The third kappa shape index (κ3) is 1.68. The highest BCUT2D eigenvalue weighted by atomic mass is 16.2. The summed E-state index contributed by atoms with van der Waals surface area (Å²) in [5.41, 5.74) is 2.67. The first kappa shape index (κ1) is 11.3. The molecule has 0 aromatic heterocycles. The lowest BCUT2D eigenvalue weighted by Crippen LogP contribution is -2.39. The molecule has 0 spiro atoms. The fraction of sp³-hybridized carbons (Fsp3) is 0.429. The van der Waals surface area contributed by atoms with Crippen LogP contribution >= 0.6 is 0 Å². The van der Waals surface area contributed by atoms with Gasteiger partial charge in [-0.05, 0) is 36.6 Å². The quantitative estimate of drug-likeness (QED) is 0.702. The number of anilines is 1. The number of benzene rings is 1. The van der Waals surface area contributed by atoms with Crippen molar-refractivity contribution in [2.24, 2.45) is 0 Å². The normalized spacial score (nSPS) is 19.4. The van der Waals surface area contributed by atoms with Gasteiger partial charge in [0.15, 0.2) is 0 Å². The molecule has 94 valence electrons. The lowest BCUT2D eigenvalue weighted by Gasteiger charge is -2.25. The summed E-state index contributed by atoms with van der Waals surface area (Å²) < 4.78 is 0. The molecule has 2 aliphatic rings. The van der Waals surface area contributed by atoms with Crippen LogP contribution in [0.2, 0.25) is 0 Å². The summed E-state index contributed by atoms with van der Waals surface area (Å²) in [6.07, 6.45) is 2.77. The van der Waals surface area contributed by atoms with Crippen molar-refractivity contribution in [3.8, 4) is 0 Å². The van der Waals surface area contributed by atoms with Crippen LogP contribution in [-0.2, 0) is 11.2 Å². The topological polar surface area (TPSA) is 40.6 Å². The van der Waals surface area contributed by atoms with Crippen molar-refractivity contribution in [3.05, 3.63) is 29.3 Å². The fourth-order valence-electron chi connectivity index (χ4n) is 2.68. The molecule has 1 fully saturated rings. The molecule has 18 heavy (non-hydrogen) atoms. The van der Waals surface area contributed by atoms with Crippen LogP contribution in [-0.4, -0.2) is 36.9 Å². The maximum Gasteiger partial charge on any atom is 0.260 e.